The highest BCUT2D eigenvalue weighted by atomic mass is 16.2. The molecule has 2 heteroatoms. The van der Waals surface area contributed by atoms with Crippen molar-refractivity contribution in [3.05, 3.63) is 35.9 Å². The van der Waals surface area contributed by atoms with Crippen LogP contribution in [0.5, 0.6) is 0 Å². The maximum absolute atomic E-state index is 12.4. The van der Waals surface area contributed by atoms with Crippen LogP contribution in [-0.2, 0) is 4.79 Å². The minimum Gasteiger partial charge on any atom is -0.356 e. The van der Waals surface area contributed by atoms with E-state index in [4.69, 9.17) is 0 Å². The smallest absolute Gasteiger partial charge is 0.223 e. The summed E-state index contributed by atoms with van der Waals surface area (Å²) in [6.45, 7) is 3.10. The van der Waals surface area contributed by atoms with Gasteiger partial charge in [0.05, 0.1) is 0 Å². The number of nitrogens with one attached hydrogen (secondary N) is 1. The van der Waals surface area contributed by atoms with E-state index in [1.807, 2.05) is 0 Å². The third kappa shape index (κ3) is 2.48. The average molecular weight is 271 g/mol. The fourth-order valence-electron chi connectivity index (χ4n) is 4.47. The van der Waals surface area contributed by atoms with Crippen LogP contribution in [-0.4, -0.2) is 12.5 Å². The molecule has 1 N–H and O–H groups in total. The Labute approximate surface area is 122 Å². The van der Waals surface area contributed by atoms with Gasteiger partial charge in [-0.25, -0.2) is 0 Å². The summed E-state index contributed by atoms with van der Waals surface area (Å²) in [5.41, 5.74) is 1.44. The van der Waals surface area contributed by atoms with Gasteiger partial charge in [-0.1, -0.05) is 43.7 Å². The number of fused-ring (bicyclic) bond motifs is 1. The van der Waals surface area contributed by atoms with Crippen molar-refractivity contribution in [1.29, 1.82) is 0 Å². The Bertz CT molecular complexity index is 456. The molecular weight excluding hydrogens is 246 g/mol. The van der Waals surface area contributed by atoms with E-state index in [0.717, 1.165) is 13.0 Å². The second kappa shape index (κ2) is 5.99. The van der Waals surface area contributed by atoms with Gasteiger partial charge in [-0.3, -0.25) is 4.79 Å². The minimum absolute atomic E-state index is 0.252. The maximum atomic E-state index is 12.4. The van der Waals surface area contributed by atoms with Crippen molar-refractivity contribution in [2.24, 2.45) is 17.8 Å². The van der Waals surface area contributed by atoms with Gasteiger partial charge in [0.15, 0.2) is 0 Å². The molecule has 1 aromatic rings. The van der Waals surface area contributed by atoms with Crippen LogP contribution < -0.4 is 5.32 Å². The van der Waals surface area contributed by atoms with E-state index in [0.29, 0.717) is 23.7 Å². The van der Waals surface area contributed by atoms with Gasteiger partial charge in [0.1, 0.15) is 0 Å². The summed E-state index contributed by atoms with van der Waals surface area (Å²) in [4.78, 5) is 12.4. The molecule has 0 unspecified atom stereocenters. The second-order valence-corrected chi connectivity index (χ2v) is 6.41. The number of hydrogen-bond acceptors (Lipinski definition) is 1. The van der Waals surface area contributed by atoms with Crippen LogP contribution >= 0.6 is 0 Å². The highest BCUT2D eigenvalue weighted by Gasteiger charge is 2.44. The molecule has 0 aromatic heterocycles. The summed E-state index contributed by atoms with van der Waals surface area (Å²) in [6, 6.07) is 10.8. The molecule has 108 valence electrons. The molecule has 2 aliphatic rings. The van der Waals surface area contributed by atoms with E-state index in [2.05, 4.69) is 42.6 Å². The Morgan fingerprint density at radius 1 is 1.15 bits per heavy atom. The molecule has 4 atom stereocenters. The first kappa shape index (κ1) is 13.7. The fourth-order valence-corrected chi connectivity index (χ4v) is 4.47. The maximum Gasteiger partial charge on any atom is 0.223 e. The zero-order chi connectivity index (χ0) is 13.9. The van der Waals surface area contributed by atoms with Crippen LogP contribution in [0.15, 0.2) is 30.3 Å². The van der Waals surface area contributed by atoms with Crippen molar-refractivity contribution in [3.8, 4) is 0 Å². The monoisotopic (exact) mass is 271 g/mol. The third-order valence-electron chi connectivity index (χ3n) is 5.30. The summed E-state index contributed by atoms with van der Waals surface area (Å²) >= 11 is 0. The number of carbonyl (C=O) groups excluding carboxylic acids is 1. The lowest BCUT2D eigenvalue weighted by Crippen LogP contribution is -2.49. The van der Waals surface area contributed by atoms with E-state index in [1.165, 1.54) is 31.2 Å². The van der Waals surface area contributed by atoms with Crippen molar-refractivity contribution in [2.75, 3.05) is 6.54 Å². The Morgan fingerprint density at radius 2 is 1.95 bits per heavy atom. The van der Waals surface area contributed by atoms with Gasteiger partial charge in [-0.15, -0.1) is 0 Å². The van der Waals surface area contributed by atoms with E-state index >= 15 is 0 Å². The van der Waals surface area contributed by atoms with Gasteiger partial charge in [-0.05, 0) is 49.0 Å². The number of carbonyl (C=O) groups is 1. The number of piperidine rings is 1. The highest BCUT2D eigenvalue weighted by Crippen LogP contribution is 2.48. The first-order valence-electron chi connectivity index (χ1n) is 8.14. The molecule has 1 saturated carbocycles. The van der Waals surface area contributed by atoms with Gasteiger partial charge in [0, 0.05) is 12.5 Å². The first-order chi connectivity index (χ1) is 9.81. The van der Waals surface area contributed by atoms with Crippen LogP contribution in [0.25, 0.3) is 0 Å². The molecule has 0 bridgehead atoms. The fraction of sp³-hybridized carbons (Fsp3) is 0.611. The standard InChI is InChI=1S/C18H25NO/c1-2-6-14-9-10-15(13-7-4-3-5-8-13)16-11-12-19-18(20)17(14)16/h3-5,7-8,14-17H,2,6,9-12H2,1H3,(H,19,20)/t14-,15-,16-,17-/m1/s1. The van der Waals surface area contributed by atoms with E-state index in [-0.39, 0.29) is 5.92 Å². The molecule has 3 rings (SSSR count). The lowest BCUT2D eigenvalue weighted by Gasteiger charge is -2.45. The van der Waals surface area contributed by atoms with E-state index in [1.54, 1.807) is 0 Å². The molecule has 1 saturated heterocycles. The van der Waals surface area contributed by atoms with Crippen molar-refractivity contribution < 1.29 is 4.79 Å². The van der Waals surface area contributed by atoms with Crippen LogP contribution in [0.1, 0.15) is 50.5 Å². The molecule has 2 nitrogen and oxygen atoms in total. The molecule has 0 spiro atoms. The summed E-state index contributed by atoms with van der Waals surface area (Å²) < 4.78 is 0. The molecule has 0 radical (unpaired) electrons. The zero-order valence-electron chi connectivity index (χ0n) is 12.3. The van der Waals surface area contributed by atoms with Crippen molar-refractivity contribution in [3.63, 3.8) is 0 Å². The summed E-state index contributed by atoms with van der Waals surface area (Å²) in [5, 5.41) is 3.10. The zero-order valence-corrected chi connectivity index (χ0v) is 12.3. The number of rotatable bonds is 3. The van der Waals surface area contributed by atoms with Gasteiger partial charge >= 0.3 is 0 Å². The largest absolute Gasteiger partial charge is 0.356 e. The molecule has 1 amide bonds. The molecule has 2 fully saturated rings. The Morgan fingerprint density at radius 3 is 2.70 bits per heavy atom. The quantitative estimate of drug-likeness (QED) is 0.891. The third-order valence-corrected chi connectivity index (χ3v) is 5.30. The van der Waals surface area contributed by atoms with E-state index in [9.17, 15) is 4.79 Å². The summed E-state index contributed by atoms with van der Waals surface area (Å²) in [7, 11) is 0. The SMILES string of the molecule is CCC[C@@H]1CC[C@H](c2ccccc2)[C@H]2CCNC(=O)[C@H]12. The summed E-state index contributed by atoms with van der Waals surface area (Å²) in [5.74, 6) is 2.31. The average Bonchev–Trinajstić information content (AvgIpc) is 2.49. The van der Waals surface area contributed by atoms with Crippen molar-refractivity contribution >= 4 is 5.91 Å². The van der Waals surface area contributed by atoms with Crippen molar-refractivity contribution in [1.82, 2.24) is 5.32 Å². The lowest BCUT2D eigenvalue weighted by molar-refractivity contribution is -0.133. The first-order valence-corrected chi connectivity index (χ1v) is 8.14. The topological polar surface area (TPSA) is 29.1 Å². The number of amides is 1. The Kier molecular flexibility index (Phi) is 4.09. The van der Waals surface area contributed by atoms with Crippen LogP contribution in [0.4, 0.5) is 0 Å². The Hall–Kier alpha value is -1.31. The van der Waals surface area contributed by atoms with Gasteiger partial charge in [0.2, 0.25) is 5.91 Å². The van der Waals surface area contributed by atoms with Crippen LogP contribution in [0, 0.1) is 17.8 Å². The molecule has 1 aliphatic heterocycles. The second-order valence-electron chi connectivity index (χ2n) is 6.41. The van der Waals surface area contributed by atoms with Gasteiger partial charge in [0.25, 0.3) is 0 Å². The molecular formula is C18H25NO. The molecule has 1 heterocycles. The van der Waals surface area contributed by atoms with E-state index < -0.39 is 0 Å². The predicted molar refractivity (Wildman–Crippen MR) is 81.4 cm³/mol. The van der Waals surface area contributed by atoms with Crippen LogP contribution in [0.3, 0.4) is 0 Å². The lowest BCUT2D eigenvalue weighted by atomic mass is 9.61. The number of benzene rings is 1. The van der Waals surface area contributed by atoms with Crippen LogP contribution in [0.2, 0.25) is 0 Å². The predicted octanol–water partition coefficient (Wildman–Crippen LogP) is 3.73. The Balaban J connectivity index is 1.86. The number of hydrogen-bond donors (Lipinski definition) is 1. The highest BCUT2D eigenvalue weighted by molar-refractivity contribution is 5.80. The molecule has 1 aromatic carbocycles. The van der Waals surface area contributed by atoms with Gasteiger partial charge < -0.3 is 5.32 Å². The van der Waals surface area contributed by atoms with Crippen molar-refractivity contribution in [2.45, 2.75) is 44.9 Å². The minimum atomic E-state index is 0.252. The molecule has 20 heavy (non-hydrogen) atoms. The normalized spacial score (nSPS) is 33.4. The summed E-state index contributed by atoms with van der Waals surface area (Å²) in [6.07, 6.45) is 6.01. The molecule has 1 aliphatic carbocycles. The van der Waals surface area contributed by atoms with Gasteiger partial charge in [-0.2, -0.15) is 0 Å².